The van der Waals surface area contributed by atoms with Gasteiger partial charge in [-0.2, -0.15) is 0 Å². The van der Waals surface area contributed by atoms with Gasteiger partial charge in [0, 0.05) is 5.41 Å². The number of carbonyl (C=O) groups excluding carboxylic acids is 1. The molecule has 6 aliphatic rings. The third-order valence-corrected chi connectivity index (χ3v) is 15.7. The van der Waals surface area contributed by atoms with Crippen LogP contribution in [-0.2, 0) is 14.3 Å². The van der Waals surface area contributed by atoms with Crippen molar-refractivity contribution in [2.24, 2.45) is 56.7 Å². The van der Waals surface area contributed by atoms with Crippen LogP contribution in [0.4, 0.5) is 0 Å². The van der Waals surface area contributed by atoms with Crippen LogP contribution in [0.15, 0.2) is 12.2 Å². The summed E-state index contributed by atoms with van der Waals surface area (Å²) in [4.78, 5) is 14.4. The van der Waals surface area contributed by atoms with Crippen molar-refractivity contribution in [3.8, 4) is 0 Å². The molecule has 0 aromatic heterocycles. The van der Waals surface area contributed by atoms with E-state index in [9.17, 15) is 35.4 Å². The van der Waals surface area contributed by atoms with E-state index in [1.165, 1.54) is 0 Å². The van der Waals surface area contributed by atoms with Crippen LogP contribution in [0.25, 0.3) is 0 Å². The molecule has 6 fully saturated rings. The maximum atomic E-state index is 14.4. The van der Waals surface area contributed by atoms with Gasteiger partial charge in [-0.05, 0) is 117 Å². The smallest absolute Gasteiger partial charge is 0.314 e. The van der Waals surface area contributed by atoms with Gasteiger partial charge in [-0.3, -0.25) is 4.79 Å². The molecule has 256 valence electrons. The Morgan fingerprint density at radius 3 is 2.18 bits per heavy atom. The molecule has 1 heterocycles. The maximum Gasteiger partial charge on any atom is 0.314 e. The summed E-state index contributed by atoms with van der Waals surface area (Å²) in [5.41, 5.74) is -0.201. The normalized spacial score (nSPS) is 55.9. The fourth-order valence-electron chi connectivity index (χ4n) is 12.9. The number of esters is 1. The quantitative estimate of drug-likeness (QED) is 0.197. The topological polar surface area (TPSA) is 157 Å². The van der Waals surface area contributed by atoms with E-state index in [-0.39, 0.29) is 46.5 Å². The summed E-state index contributed by atoms with van der Waals surface area (Å²) in [7, 11) is 0. The largest absolute Gasteiger partial charge is 0.432 e. The van der Waals surface area contributed by atoms with Crippen LogP contribution in [0.5, 0.6) is 0 Å². The number of ether oxygens (including phenoxy) is 2. The first-order valence-electron chi connectivity index (χ1n) is 17.5. The predicted octanol–water partition coefficient (Wildman–Crippen LogP) is 3.32. The number of aliphatic hydroxyl groups excluding tert-OH is 6. The molecule has 1 saturated heterocycles. The minimum absolute atomic E-state index is 0.000801. The highest BCUT2D eigenvalue weighted by molar-refractivity contribution is 5.78. The molecular weight excluding hydrogens is 576 g/mol. The SMILES string of the molecule is C=C(C)[C@@H]1CC[C@]2(C(=O)O[C@@H]3O[C@H](CO)[C@@H](O)[C@H](O)[C@H]3O)CC[C@]3(C)C(CC[C@@H]4[C@@]5(C)CC[C@H](O)[C@@](C)(CO)[C@@H]5CC[C@]43C)[C@H]12. The Balaban J connectivity index is 1.33. The lowest BCUT2D eigenvalue weighted by atomic mass is 9.32. The molecule has 6 N–H and O–H groups in total. The minimum Gasteiger partial charge on any atom is -0.432 e. The number of aliphatic hydroxyl groups is 6. The van der Waals surface area contributed by atoms with Gasteiger partial charge in [-0.15, -0.1) is 0 Å². The number of rotatable bonds is 5. The molecule has 0 spiro atoms. The van der Waals surface area contributed by atoms with Crippen molar-refractivity contribution < 1.29 is 44.9 Å². The summed E-state index contributed by atoms with van der Waals surface area (Å²) in [5, 5.41) is 62.6. The van der Waals surface area contributed by atoms with Crippen LogP contribution in [-0.4, -0.2) is 86.6 Å². The van der Waals surface area contributed by atoms with Gasteiger partial charge in [-0.1, -0.05) is 39.8 Å². The standard InChI is InChI=1S/C36H58O9/c1-19(2)20-9-14-36(31(43)45-30-29(42)28(41)27(40)22(17-37)44-30)16-15-34(5)21(26(20)36)7-8-24-32(3)12-11-25(39)33(4,18-38)23(32)10-13-35(24,34)6/h20-30,37-42H,1,7-18H2,2-6H3/t20-,21?,22+,23+,24+,25-,26-,27+,28-,29+,30-,32-,33-,34+,35+,36-/m0/s1. The summed E-state index contributed by atoms with van der Waals surface area (Å²) in [6.07, 6.45) is 0.852. The van der Waals surface area contributed by atoms with E-state index in [1.807, 2.05) is 0 Å². The third kappa shape index (κ3) is 4.46. The molecule has 9 heteroatoms. The molecule has 0 amide bonds. The molecule has 0 radical (unpaired) electrons. The fraction of sp³-hybridized carbons (Fsp3) is 0.917. The second-order valence-corrected chi connectivity index (χ2v) is 17.2. The monoisotopic (exact) mass is 634 g/mol. The van der Waals surface area contributed by atoms with Crippen LogP contribution >= 0.6 is 0 Å². The molecule has 6 rings (SSSR count). The van der Waals surface area contributed by atoms with Gasteiger partial charge in [0.15, 0.2) is 0 Å². The average molecular weight is 635 g/mol. The highest BCUT2D eigenvalue weighted by atomic mass is 16.7. The summed E-state index contributed by atoms with van der Waals surface area (Å²) >= 11 is 0. The zero-order valence-corrected chi connectivity index (χ0v) is 28.0. The maximum absolute atomic E-state index is 14.4. The molecule has 1 aliphatic heterocycles. The van der Waals surface area contributed by atoms with Gasteiger partial charge in [-0.25, -0.2) is 0 Å². The molecule has 0 aromatic carbocycles. The second kappa shape index (κ2) is 11.2. The van der Waals surface area contributed by atoms with Gasteiger partial charge in [0.05, 0.1) is 24.7 Å². The van der Waals surface area contributed by atoms with Crippen molar-refractivity contribution in [1.82, 2.24) is 0 Å². The predicted molar refractivity (Wildman–Crippen MR) is 166 cm³/mol. The number of hydrogen-bond donors (Lipinski definition) is 6. The van der Waals surface area contributed by atoms with Crippen molar-refractivity contribution >= 4 is 5.97 Å². The van der Waals surface area contributed by atoms with Gasteiger partial charge in [0.25, 0.3) is 0 Å². The van der Waals surface area contributed by atoms with Crippen molar-refractivity contribution in [3.63, 3.8) is 0 Å². The van der Waals surface area contributed by atoms with Crippen LogP contribution in [0.2, 0.25) is 0 Å². The molecule has 1 unspecified atom stereocenters. The van der Waals surface area contributed by atoms with Crippen molar-refractivity contribution in [3.05, 3.63) is 12.2 Å². The van der Waals surface area contributed by atoms with E-state index < -0.39 is 60.2 Å². The Morgan fingerprint density at radius 1 is 0.822 bits per heavy atom. The van der Waals surface area contributed by atoms with Crippen molar-refractivity contribution in [2.75, 3.05) is 13.2 Å². The average Bonchev–Trinajstić information content (AvgIpc) is 3.41. The summed E-state index contributed by atoms with van der Waals surface area (Å²) < 4.78 is 11.5. The van der Waals surface area contributed by atoms with Gasteiger partial charge in [0.2, 0.25) is 6.29 Å². The highest BCUT2D eigenvalue weighted by Gasteiger charge is 2.72. The Hall–Kier alpha value is -1.07. The first-order chi connectivity index (χ1) is 21.1. The van der Waals surface area contributed by atoms with Crippen LogP contribution in [0.1, 0.15) is 98.8 Å². The number of allylic oxidation sites excluding steroid dienone is 1. The Bertz CT molecular complexity index is 1180. The number of hydrogen-bond acceptors (Lipinski definition) is 9. The van der Waals surface area contributed by atoms with Crippen LogP contribution in [0.3, 0.4) is 0 Å². The summed E-state index contributed by atoms with van der Waals surface area (Å²) in [5.74, 6) is 0.712. The lowest BCUT2D eigenvalue weighted by molar-refractivity contribution is -0.299. The Kier molecular flexibility index (Phi) is 8.45. The Labute approximate surface area is 268 Å². The molecular formula is C36H58O9. The van der Waals surface area contributed by atoms with Crippen LogP contribution < -0.4 is 0 Å². The first-order valence-corrected chi connectivity index (χ1v) is 17.5. The molecule has 0 aromatic rings. The summed E-state index contributed by atoms with van der Waals surface area (Å²) in [6.45, 7) is 15.4. The lowest BCUT2D eigenvalue weighted by Gasteiger charge is -2.72. The van der Waals surface area contributed by atoms with E-state index in [4.69, 9.17) is 9.47 Å². The van der Waals surface area contributed by atoms with Gasteiger partial charge >= 0.3 is 5.97 Å². The molecule has 5 saturated carbocycles. The van der Waals surface area contributed by atoms with E-state index in [0.29, 0.717) is 25.2 Å². The highest BCUT2D eigenvalue weighted by Crippen LogP contribution is 2.77. The fourth-order valence-corrected chi connectivity index (χ4v) is 12.9. The summed E-state index contributed by atoms with van der Waals surface area (Å²) in [6, 6.07) is 0. The van der Waals surface area contributed by atoms with E-state index in [0.717, 1.165) is 50.5 Å². The van der Waals surface area contributed by atoms with E-state index in [1.54, 1.807) is 0 Å². The minimum atomic E-state index is -1.63. The van der Waals surface area contributed by atoms with Crippen molar-refractivity contribution in [1.29, 1.82) is 0 Å². The number of fused-ring (bicyclic) bond motifs is 7. The molecule has 5 aliphatic carbocycles. The molecule has 45 heavy (non-hydrogen) atoms. The Morgan fingerprint density at radius 2 is 1.53 bits per heavy atom. The zero-order chi connectivity index (χ0) is 32.9. The molecule has 9 nitrogen and oxygen atoms in total. The van der Waals surface area contributed by atoms with Crippen LogP contribution in [0, 0.1) is 56.7 Å². The molecule has 0 bridgehead atoms. The lowest BCUT2D eigenvalue weighted by Crippen LogP contribution is -2.68. The van der Waals surface area contributed by atoms with Gasteiger partial charge < -0.3 is 40.1 Å². The number of carbonyl (C=O) groups is 1. The van der Waals surface area contributed by atoms with E-state index >= 15 is 0 Å². The zero-order valence-electron chi connectivity index (χ0n) is 28.0. The third-order valence-electron chi connectivity index (χ3n) is 15.7. The van der Waals surface area contributed by atoms with Crippen molar-refractivity contribution in [2.45, 2.75) is 136 Å². The van der Waals surface area contributed by atoms with E-state index in [2.05, 4.69) is 41.2 Å². The van der Waals surface area contributed by atoms with Gasteiger partial charge in [0.1, 0.15) is 24.4 Å². The second-order valence-electron chi connectivity index (χ2n) is 17.2. The molecule has 16 atom stereocenters. The first kappa shape index (κ1) is 33.8.